The van der Waals surface area contributed by atoms with Gasteiger partial charge in [-0.15, -0.1) is 0 Å². The van der Waals surface area contributed by atoms with Crippen molar-refractivity contribution in [1.29, 1.82) is 0 Å². The molecule has 216 valence electrons. The maximum Gasteiger partial charge on any atom is 0.124 e. The minimum atomic E-state index is -0.481. The molecular formula is C40H37BrFN. The van der Waals surface area contributed by atoms with Crippen LogP contribution in [0.15, 0.2) is 132 Å². The fourth-order valence-electron chi connectivity index (χ4n) is 7.05. The summed E-state index contributed by atoms with van der Waals surface area (Å²) in [6.07, 6.45) is 7.13. The molecule has 1 unspecified atom stereocenters. The molecule has 0 amide bonds. The van der Waals surface area contributed by atoms with E-state index in [1.165, 1.54) is 55.7 Å². The van der Waals surface area contributed by atoms with Crippen LogP contribution in [-0.4, -0.2) is 7.05 Å². The minimum absolute atomic E-state index is 0.150. The molecular weight excluding hydrogens is 593 g/mol. The number of likely N-dealkylation sites (N-methyl/N-ethyl adjacent to an activating group) is 1. The molecule has 1 aliphatic rings. The van der Waals surface area contributed by atoms with Crippen LogP contribution < -0.4 is 4.90 Å². The summed E-state index contributed by atoms with van der Waals surface area (Å²) in [7, 11) is 2.16. The first-order chi connectivity index (χ1) is 20.5. The topological polar surface area (TPSA) is 3.24 Å². The summed E-state index contributed by atoms with van der Waals surface area (Å²) >= 11 is 3.50. The second-order valence-electron chi connectivity index (χ2n) is 12.6. The Morgan fingerprint density at radius 3 is 2.33 bits per heavy atom. The van der Waals surface area contributed by atoms with Crippen LogP contribution in [-0.2, 0) is 17.3 Å². The second-order valence-corrected chi connectivity index (χ2v) is 13.5. The fourth-order valence-corrected chi connectivity index (χ4v) is 7.56. The highest BCUT2D eigenvalue weighted by Crippen LogP contribution is 2.48. The van der Waals surface area contributed by atoms with Crippen molar-refractivity contribution < 1.29 is 4.39 Å². The lowest BCUT2D eigenvalue weighted by Gasteiger charge is -2.34. The predicted molar refractivity (Wildman–Crippen MR) is 186 cm³/mol. The molecule has 0 bridgehead atoms. The normalized spacial score (nSPS) is 16.7. The van der Waals surface area contributed by atoms with E-state index in [0.717, 1.165) is 15.6 Å². The number of hydrogen-bond acceptors (Lipinski definition) is 1. The molecule has 0 aliphatic carbocycles. The number of rotatable bonds is 6. The van der Waals surface area contributed by atoms with Crippen LogP contribution in [0.25, 0.3) is 21.5 Å². The molecule has 0 N–H and O–H groups in total. The van der Waals surface area contributed by atoms with Crippen molar-refractivity contribution in [2.45, 2.75) is 44.9 Å². The molecule has 1 atom stereocenters. The highest BCUT2D eigenvalue weighted by atomic mass is 79.9. The monoisotopic (exact) mass is 629 g/mol. The minimum Gasteiger partial charge on any atom is -0.347 e. The quantitative estimate of drug-likeness (QED) is 0.169. The lowest BCUT2D eigenvalue weighted by Crippen LogP contribution is -2.28. The van der Waals surface area contributed by atoms with Crippen molar-refractivity contribution in [1.82, 2.24) is 0 Å². The Balaban J connectivity index is 1.42. The van der Waals surface area contributed by atoms with E-state index in [4.69, 9.17) is 0 Å². The number of nitrogens with zero attached hydrogens (tertiary/aromatic N) is 1. The zero-order valence-corrected chi connectivity index (χ0v) is 27.1. The van der Waals surface area contributed by atoms with Crippen molar-refractivity contribution in [3.05, 3.63) is 160 Å². The molecule has 0 saturated heterocycles. The van der Waals surface area contributed by atoms with Crippen molar-refractivity contribution >= 4 is 43.2 Å². The van der Waals surface area contributed by atoms with Crippen molar-refractivity contribution in [3.63, 3.8) is 0 Å². The van der Waals surface area contributed by atoms with Gasteiger partial charge in [0.15, 0.2) is 0 Å². The van der Waals surface area contributed by atoms with Gasteiger partial charge in [-0.3, -0.25) is 0 Å². The van der Waals surface area contributed by atoms with Gasteiger partial charge in [0.2, 0.25) is 0 Å². The Hall–Kier alpha value is -3.95. The summed E-state index contributed by atoms with van der Waals surface area (Å²) in [5.74, 6) is -0.244. The Morgan fingerprint density at radius 2 is 1.60 bits per heavy atom. The van der Waals surface area contributed by atoms with Gasteiger partial charge in [-0.25, -0.2) is 4.39 Å². The molecule has 3 heteroatoms. The summed E-state index contributed by atoms with van der Waals surface area (Å²) in [6.45, 7) is 13.7. The predicted octanol–water partition coefficient (Wildman–Crippen LogP) is 11.1. The first-order valence-electron chi connectivity index (χ1n) is 14.8. The van der Waals surface area contributed by atoms with Gasteiger partial charge < -0.3 is 4.90 Å². The molecule has 1 nitrogen and oxygen atoms in total. The molecule has 0 fully saturated rings. The number of halogens is 2. The highest BCUT2D eigenvalue weighted by Gasteiger charge is 2.38. The first-order valence-corrected chi connectivity index (χ1v) is 15.6. The molecule has 5 aromatic rings. The molecule has 0 radical (unpaired) electrons. The Morgan fingerprint density at radius 1 is 0.930 bits per heavy atom. The smallest absolute Gasteiger partial charge is 0.124 e. The van der Waals surface area contributed by atoms with Crippen LogP contribution in [0.5, 0.6) is 0 Å². The second kappa shape index (κ2) is 11.0. The summed E-state index contributed by atoms with van der Waals surface area (Å²) < 4.78 is 15.3. The third-order valence-corrected chi connectivity index (χ3v) is 9.79. The van der Waals surface area contributed by atoms with Crippen molar-refractivity contribution in [2.75, 3.05) is 11.9 Å². The SMILES string of the molecule is C=C(/C=C/C=C1/N(C)c2cc3ccccc3cc2C1(C)C)C(C)(Cc1cc(F)cc(Br)c1)c1c(C)ccc2ccccc12. The molecule has 6 rings (SSSR count). The lowest BCUT2D eigenvalue weighted by molar-refractivity contribution is 0.563. The number of allylic oxidation sites excluding steroid dienone is 5. The summed E-state index contributed by atoms with van der Waals surface area (Å²) in [4.78, 5) is 2.31. The summed E-state index contributed by atoms with van der Waals surface area (Å²) in [5.41, 5.74) is 7.51. The van der Waals surface area contributed by atoms with Crippen molar-refractivity contribution in [2.24, 2.45) is 0 Å². The van der Waals surface area contributed by atoms with E-state index in [0.29, 0.717) is 6.42 Å². The van der Waals surface area contributed by atoms with Gasteiger partial charge in [0.05, 0.1) is 0 Å². The average molecular weight is 631 g/mol. The largest absolute Gasteiger partial charge is 0.347 e. The zero-order chi connectivity index (χ0) is 30.5. The van der Waals surface area contributed by atoms with E-state index in [-0.39, 0.29) is 11.2 Å². The third-order valence-electron chi connectivity index (χ3n) is 9.33. The number of aryl methyl sites for hydroxylation is 1. The number of hydrogen-bond donors (Lipinski definition) is 0. The number of anilines is 1. The van der Waals surface area contributed by atoms with E-state index in [2.05, 4.69) is 153 Å². The molecule has 43 heavy (non-hydrogen) atoms. The van der Waals surface area contributed by atoms with E-state index in [9.17, 15) is 4.39 Å². The number of benzene rings is 5. The van der Waals surface area contributed by atoms with Gasteiger partial charge in [0.25, 0.3) is 0 Å². The van der Waals surface area contributed by atoms with Crippen LogP contribution in [0.4, 0.5) is 10.1 Å². The van der Waals surface area contributed by atoms with E-state index in [1.54, 1.807) is 6.07 Å². The van der Waals surface area contributed by atoms with E-state index < -0.39 is 5.41 Å². The van der Waals surface area contributed by atoms with Crippen LogP contribution in [0, 0.1) is 12.7 Å². The summed E-state index contributed by atoms with van der Waals surface area (Å²) in [5, 5.41) is 4.90. The Kier molecular flexibility index (Phi) is 7.42. The van der Waals surface area contributed by atoms with Crippen LogP contribution in [0.1, 0.15) is 43.0 Å². The standard InChI is InChI=1S/C40H37BrFN/c1-26-18-19-29-13-9-10-16-34(29)38(26)40(5,25-28-20-32(41)24-33(42)21-28)27(2)12-11-17-37-39(3,4)35-22-30-14-7-8-15-31(30)23-36(35)43(37)6/h7-24H,2,25H2,1,3-6H3/b12-11+,37-17+. The number of fused-ring (bicyclic) bond motifs is 3. The van der Waals surface area contributed by atoms with Gasteiger partial charge in [-0.05, 0) is 99.1 Å². The maximum atomic E-state index is 14.5. The maximum absolute atomic E-state index is 14.5. The average Bonchev–Trinajstić information content (AvgIpc) is 3.15. The van der Waals surface area contributed by atoms with Crippen LogP contribution >= 0.6 is 15.9 Å². The van der Waals surface area contributed by atoms with E-state index >= 15 is 0 Å². The van der Waals surface area contributed by atoms with Gasteiger partial charge in [0, 0.05) is 33.7 Å². The first kappa shape index (κ1) is 29.1. The lowest BCUT2D eigenvalue weighted by atomic mass is 9.69. The van der Waals surface area contributed by atoms with Crippen LogP contribution in [0.3, 0.4) is 0 Å². The molecule has 0 spiro atoms. The van der Waals surface area contributed by atoms with Gasteiger partial charge in [-0.1, -0.05) is 116 Å². The third kappa shape index (κ3) is 5.14. The van der Waals surface area contributed by atoms with Gasteiger partial charge in [0.1, 0.15) is 5.82 Å². The van der Waals surface area contributed by atoms with Crippen LogP contribution in [0.2, 0.25) is 0 Å². The molecule has 1 heterocycles. The van der Waals surface area contributed by atoms with Gasteiger partial charge in [-0.2, -0.15) is 0 Å². The molecule has 0 saturated carbocycles. The molecule has 0 aromatic heterocycles. The van der Waals surface area contributed by atoms with Crippen molar-refractivity contribution in [3.8, 4) is 0 Å². The zero-order valence-electron chi connectivity index (χ0n) is 25.5. The van der Waals surface area contributed by atoms with E-state index in [1.807, 2.05) is 6.07 Å². The highest BCUT2D eigenvalue weighted by molar-refractivity contribution is 9.10. The van der Waals surface area contributed by atoms with Gasteiger partial charge >= 0.3 is 0 Å². The molecule has 5 aromatic carbocycles. The fraction of sp³-hybridized carbons (Fsp3) is 0.200. The summed E-state index contributed by atoms with van der Waals surface area (Å²) in [6, 6.07) is 31.2. The Bertz CT molecular complexity index is 1940. The molecule has 1 aliphatic heterocycles. The Labute approximate surface area is 263 Å².